The minimum absolute atomic E-state index is 0. The molecule has 1 rings (SSSR count). The van der Waals surface area contributed by atoms with Crippen LogP contribution in [0.1, 0.15) is 5.56 Å². The average Bonchev–Trinajstić information content (AvgIpc) is 1.91. The van der Waals surface area contributed by atoms with E-state index in [2.05, 4.69) is 4.98 Å². The van der Waals surface area contributed by atoms with E-state index in [1.807, 2.05) is 12.1 Å². The fraction of sp³-hybridized carbons (Fsp3) is 0.286. The van der Waals surface area contributed by atoms with Gasteiger partial charge in [-0.1, -0.05) is 0 Å². The molecule has 3 heteroatoms. The van der Waals surface area contributed by atoms with E-state index in [0.29, 0.717) is 5.88 Å². The Kier molecular flexibility index (Phi) is 5.36. The molecule has 0 bridgehead atoms. The first-order valence-electron chi connectivity index (χ1n) is 2.88. The molecule has 0 aliphatic rings. The van der Waals surface area contributed by atoms with Crippen LogP contribution in [0.3, 0.4) is 0 Å². The van der Waals surface area contributed by atoms with Gasteiger partial charge in [0, 0.05) is 18.3 Å². The lowest BCUT2D eigenvalue weighted by Crippen LogP contribution is -1.84. The Labute approximate surface area is 71.8 Å². The van der Waals surface area contributed by atoms with Crippen LogP contribution in [0, 0.1) is 0 Å². The molecule has 0 N–H and O–H groups in total. The lowest BCUT2D eigenvalue weighted by atomic mass is 10.2. The number of hydrogen-bond acceptors (Lipinski definition) is 1. The van der Waals surface area contributed by atoms with E-state index in [1.54, 1.807) is 12.4 Å². The van der Waals surface area contributed by atoms with Crippen molar-refractivity contribution < 1.29 is 0 Å². The van der Waals surface area contributed by atoms with Crippen molar-refractivity contribution >= 4 is 24.0 Å². The molecule has 0 atom stereocenters. The Morgan fingerprint density at radius 2 is 1.90 bits per heavy atom. The van der Waals surface area contributed by atoms with Gasteiger partial charge in [-0.2, -0.15) is 0 Å². The maximum atomic E-state index is 5.52. The van der Waals surface area contributed by atoms with E-state index in [0.717, 1.165) is 6.42 Å². The van der Waals surface area contributed by atoms with Crippen molar-refractivity contribution in [1.82, 2.24) is 4.98 Å². The molecule has 1 aromatic rings. The molecule has 0 unspecified atom stereocenters. The molecule has 0 aliphatic carbocycles. The van der Waals surface area contributed by atoms with Crippen molar-refractivity contribution in [2.45, 2.75) is 6.42 Å². The van der Waals surface area contributed by atoms with Crippen LogP contribution in [-0.4, -0.2) is 10.9 Å². The molecule has 0 spiro atoms. The SMILES string of the molecule is Cl.ClCCc1ccncc1. The van der Waals surface area contributed by atoms with Gasteiger partial charge in [0.05, 0.1) is 0 Å². The normalized spacial score (nSPS) is 8.50. The molecule has 1 nitrogen and oxygen atoms in total. The van der Waals surface area contributed by atoms with Gasteiger partial charge in [-0.25, -0.2) is 0 Å². The summed E-state index contributed by atoms with van der Waals surface area (Å²) in [6.45, 7) is 0. The third kappa shape index (κ3) is 3.04. The molecule has 0 radical (unpaired) electrons. The standard InChI is InChI=1S/C7H8ClN.ClH/c8-4-1-7-2-5-9-6-3-7;/h2-3,5-6H,1,4H2;1H. The van der Waals surface area contributed by atoms with Crippen molar-refractivity contribution in [3.63, 3.8) is 0 Å². The van der Waals surface area contributed by atoms with Gasteiger partial charge in [0.2, 0.25) is 0 Å². The first kappa shape index (κ1) is 9.73. The van der Waals surface area contributed by atoms with Gasteiger partial charge in [-0.05, 0) is 24.1 Å². The van der Waals surface area contributed by atoms with Crippen LogP contribution in [0.4, 0.5) is 0 Å². The highest BCUT2D eigenvalue weighted by atomic mass is 35.5. The minimum atomic E-state index is 0. The number of rotatable bonds is 2. The van der Waals surface area contributed by atoms with Crippen molar-refractivity contribution in [3.05, 3.63) is 30.1 Å². The highest BCUT2D eigenvalue weighted by Crippen LogP contribution is 1.97. The predicted molar refractivity (Wildman–Crippen MR) is 45.9 cm³/mol. The fourth-order valence-corrected chi connectivity index (χ4v) is 0.877. The third-order valence-corrected chi connectivity index (χ3v) is 1.32. The molecule has 0 amide bonds. The van der Waals surface area contributed by atoms with E-state index in [4.69, 9.17) is 11.6 Å². The lowest BCUT2D eigenvalue weighted by Gasteiger charge is -1.92. The second-order valence-electron chi connectivity index (χ2n) is 1.79. The molecule has 0 fully saturated rings. The Bertz CT molecular complexity index is 165. The topological polar surface area (TPSA) is 12.9 Å². The number of aromatic nitrogens is 1. The Morgan fingerprint density at radius 3 is 2.40 bits per heavy atom. The molecule has 0 saturated heterocycles. The maximum absolute atomic E-state index is 5.52. The van der Waals surface area contributed by atoms with E-state index in [-0.39, 0.29) is 12.4 Å². The summed E-state index contributed by atoms with van der Waals surface area (Å²) in [5.74, 6) is 0.685. The summed E-state index contributed by atoms with van der Waals surface area (Å²) in [6.07, 6.45) is 4.49. The maximum Gasteiger partial charge on any atom is 0.0270 e. The van der Waals surface area contributed by atoms with E-state index in [9.17, 15) is 0 Å². The van der Waals surface area contributed by atoms with Crippen molar-refractivity contribution in [2.75, 3.05) is 5.88 Å². The molecular weight excluding hydrogens is 169 g/mol. The zero-order chi connectivity index (χ0) is 6.53. The fourth-order valence-electron chi connectivity index (χ4n) is 0.659. The highest BCUT2D eigenvalue weighted by molar-refractivity contribution is 6.17. The van der Waals surface area contributed by atoms with Crippen LogP contribution in [0.15, 0.2) is 24.5 Å². The van der Waals surface area contributed by atoms with Crippen LogP contribution >= 0.6 is 24.0 Å². The van der Waals surface area contributed by atoms with Crippen LogP contribution in [0.5, 0.6) is 0 Å². The summed E-state index contributed by atoms with van der Waals surface area (Å²) in [6, 6.07) is 3.95. The molecular formula is C7H9Cl2N. The summed E-state index contributed by atoms with van der Waals surface area (Å²) in [5, 5.41) is 0. The minimum Gasteiger partial charge on any atom is -0.265 e. The summed E-state index contributed by atoms with van der Waals surface area (Å²) in [5.41, 5.74) is 1.25. The second-order valence-corrected chi connectivity index (χ2v) is 2.17. The first-order chi connectivity index (χ1) is 4.43. The Morgan fingerprint density at radius 1 is 1.30 bits per heavy atom. The van der Waals surface area contributed by atoms with Gasteiger partial charge in [0.25, 0.3) is 0 Å². The molecule has 0 aromatic carbocycles. The van der Waals surface area contributed by atoms with Crippen LogP contribution < -0.4 is 0 Å². The number of alkyl halides is 1. The van der Waals surface area contributed by atoms with Gasteiger partial charge < -0.3 is 0 Å². The van der Waals surface area contributed by atoms with Gasteiger partial charge in [-0.15, -0.1) is 24.0 Å². The summed E-state index contributed by atoms with van der Waals surface area (Å²) >= 11 is 5.52. The van der Waals surface area contributed by atoms with Crippen molar-refractivity contribution in [2.24, 2.45) is 0 Å². The first-order valence-corrected chi connectivity index (χ1v) is 3.42. The molecule has 10 heavy (non-hydrogen) atoms. The highest BCUT2D eigenvalue weighted by Gasteiger charge is 1.86. The second kappa shape index (κ2) is 5.51. The third-order valence-electron chi connectivity index (χ3n) is 1.13. The molecule has 0 aliphatic heterocycles. The number of hydrogen-bond donors (Lipinski definition) is 0. The van der Waals surface area contributed by atoms with Gasteiger partial charge >= 0.3 is 0 Å². The van der Waals surface area contributed by atoms with Crippen LogP contribution in [-0.2, 0) is 6.42 Å². The average molecular weight is 178 g/mol. The quantitative estimate of drug-likeness (QED) is 0.633. The molecule has 56 valence electrons. The number of nitrogens with zero attached hydrogens (tertiary/aromatic N) is 1. The van der Waals surface area contributed by atoms with Crippen molar-refractivity contribution in [3.8, 4) is 0 Å². The zero-order valence-corrected chi connectivity index (χ0v) is 7.03. The Balaban J connectivity index is 0.000000810. The van der Waals surface area contributed by atoms with E-state index in [1.165, 1.54) is 5.56 Å². The monoisotopic (exact) mass is 177 g/mol. The van der Waals surface area contributed by atoms with E-state index >= 15 is 0 Å². The van der Waals surface area contributed by atoms with Crippen molar-refractivity contribution in [1.29, 1.82) is 0 Å². The molecule has 0 saturated carbocycles. The van der Waals surface area contributed by atoms with Gasteiger partial charge in [0.1, 0.15) is 0 Å². The Hall–Kier alpha value is -0.270. The zero-order valence-electron chi connectivity index (χ0n) is 5.46. The molecule has 1 heterocycles. The predicted octanol–water partition coefficient (Wildman–Crippen LogP) is 2.28. The lowest BCUT2D eigenvalue weighted by molar-refractivity contribution is 1.13. The van der Waals surface area contributed by atoms with E-state index < -0.39 is 0 Å². The van der Waals surface area contributed by atoms with Crippen LogP contribution in [0.25, 0.3) is 0 Å². The largest absolute Gasteiger partial charge is 0.265 e. The number of halogens is 2. The van der Waals surface area contributed by atoms with Crippen LogP contribution in [0.2, 0.25) is 0 Å². The smallest absolute Gasteiger partial charge is 0.0270 e. The number of aryl methyl sites for hydroxylation is 1. The number of pyridine rings is 1. The van der Waals surface area contributed by atoms with Gasteiger partial charge in [-0.3, -0.25) is 4.98 Å². The van der Waals surface area contributed by atoms with Gasteiger partial charge in [0.15, 0.2) is 0 Å². The summed E-state index contributed by atoms with van der Waals surface area (Å²) < 4.78 is 0. The summed E-state index contributed by atoms with van der Waals surface area (Å²) in [7, 11) is 0. The molecule has 1 aromatic heterocycles. The summed E-state index contributed by atoms with van der Waals surface area (Å²) in [4.78, 5) is 3.88.